The summed E-state index contributed by atoms with van der Waals surface area (Å²) in [5.41, 5.74) is 0. The summed E-state index contributed by atoms with van der Waals surface area (Å²) in [6, 6.07) is 0. The standard InChI is InChI=1S/C7H10O2/c1-2-4-7(9)5-3-6-8/h2-5,8H,6H2,1H3. The first kappa shape index (κ1) is 8.11. The van der Waals surface area contributed by atoms with Gasteiger partial charge in [-0.2, -0.15) is 0 Å². The molecule has 50 valence electrons. The van der Waals surface area contributed by atoms with Crippen molar-refractivity contribution in [1.82, 2.24) is 0 Å². The summed E-state index contributed by atoms with van der Waals surface area (Å²) in [7, 11) is 0. The van der Waals surface area contributed by atoms with E-state index in [1.165, 1.54) is 18.2 Å². The zero-order chi connectivity index (χ0) is 7.11. The fourth-order valence-electron chi connectivity index (χ4n) is 0.389. The molecule has 0 saturated heterocycles. The first-order chi connectivity index (χ1) is 4.31. The molecule has 9 heavy (non-hydrogen) atoms. The fraction of sp³-hybridized carbons (Fsp3) is 0.286. The lowest BCUT2D eigenvalue weighted by atomic mass is 10.3. The molecule has 0 radical (unpaired) electrons. The smallest absolute Gasteiger partial charge is 0.178 e. The van der Waals surface area contributed by atoms with Crippen molar-refractivity contribution in [3.8, 4) is 0 Å². The number of aliphatic hydroxyl groups is 1. The highest BCUT2D eigenvalue weighted by Gasteiger charge is 1.82. The molecule has 0 aliphatic heterocycles. The van der Waals surface area contributed by atoms with E-state index in [0.717, 1.165) is 0 Å². The third kappa shape index (κ3) is 4.97. The van der Waals surface area contributed by atoms with Crippen LogP contribution < -0.4 is 0 Å². The lowest BCUT2D eigenvalue weighted by molar-refractivity contribution is -0.110. The fourth-order valence-corrected chi connectivity index (χ4v) is 0.389. The number of carbonyl (C=O) groups excluding carboxylic acids is 1. The summed E-state index contributed by atoms with van der Waals surface area (Å²) in [5.74, 6) is -0.0912. The predicted molar refractivity (Wildman–Crippen MR) is 36.0 cm³/mol. The maximum atomic E-state index is 10.5. The predicted octanol–water partition coefficient (Wildman–Crippen LogP) is 0.680. The Labute approximate surface area is 54.5 Å². The number of hydrogen-bond donors (Lipinski definition) is 1. The molecule has 0 atom stereocenters. The van der Waals surface area contributed by atoms with Crippen molar-refractivity contribution in [2.24, 2.45) is 0 Å². The second-order valence-corrected chi connectivity index (χ2v) is 1.49. The van der Waals surface area contributed by atoms with Crippen molar-refractivity contribution in [3.63, 3.8) is 0 Å². The van der Waals surface area contributed by atoms with Crippen LogP contribution >= 0.6 is 0 Å². The normalized spacial score (nSPS) is 11.3. The molecule has 0 aromatic rings. The average Bonchev–Trinajstić information content (AvgIpc) is 1.85. The van der Waals surface area contributed by atoms with Crippen LogP contribution in [0.3, 0.4) is 0 Å². The Morgan fingerprint density at radius 1 is 1.56 bits per heavy atom. The molecule has 0 spiro atoms. The second kappa shape index (κ2) is 5.25. The quantitative estimate of drug-likeness (QED) is 0.564. The zero-order valence-electron chi connectivity index (χ0n) is 5.37. The number of allylic oxidation sites excluding steroid dienone is 3. The SMILES string of the molecule is CC=CC(=O)C=CCO. The van der Waals surface area contributed by atoms with Gasteiger partial charge in [-0.25, -0.2) is 0 Å². The molecular formula is C7H10O2. The van der Waals surface area contributed by atoms with Crippen molar-refractivity contribution < 1.29 is 9.90 Å². The largest absolute Gasteiger partial charge is 0.392 e. The van der Waals surface area contributed by atoms with Crippen molar-refractivity contribution in [1.29, 1.82) is 0 Å². The third-order valence-corrected chi connectivity index (χ3v) is 0.718. The Bertz CT molecular complexity index is 134. The molecule has 0 saturated carbocycles. The Kier molecular flexibility index (Phi) is 4.73. The van der Waals surface area contributed by atoms with Gasteiger partial charge in [-0.3, -0.25) is 4.79 Å². The molecule has 0 aromatic carbocycles. The summed E-state index contributed by atoms with van der Waals surface area (Å²) in [6.07, 6.45) is 5.83. The minimum atomic E-state index is -0.0912. The molecule has 0 amide bonds. The van der Waals surface area contributed by atoms with Gasteiger partial charge in [0.2, 0.25) is 0 Å². The van der Waals surface area contributed by atoms with E-state index in [2.05, 4.69) is 0 Å². The molecule has 0 aromatic heterocycles. The molecule has 0 aliphatic rings. The van der Waals surface area contributed by atoms with Crippen molar-refractivity contribution in [2.75, 3.05) is 6.61 Å². The van der Waals surface area contributed by atoms with Gasteiger partial charge in [-0.05, 0) is 19.1 Å². The number of hydrogen-bond acceptors (Lipinski definition) is 2. The summed E-state index contributed by atoms with van der Waals surface area (Å²) < 4.78 is 0. The summed E-state index contributed by atoms with van der Waals surface area (Å²) in [6.45, 7) is 1.69. The van der Waals surface area contributed by atoms with Gasteiger partial charge in [0.25, 0.3) is 0 Å². The van der Waals surface area contributed by atoms with E-state index in [4.69, 9.17) is 5.11 Å². The lowest BCUT2D eigenvalue weighted by Gasteiger charge is -1.78. The molecule has 0 heterocycles. The van der Waals surface area contributed by atoms with Crippen LogP contribution in [0.4, 0.5) is 0 Å². The monoisotopic (exact) mass is 126 g/mol. The van der Waals surface area contributed by atoms with Crippen LogP contribution in [0, 0.1) is 0 Å². The maximum Gasteiger partial charge on any atom is 0.178 e. The van der Waals surface area contributed by atoms with Crippen LogP contribution in [0.2, 0.25) is 0 Å². The Morgan fingerprint density at radius 3 is 2.67 bits per heavy atom. The highest BCUT2D eigenvalue weighted by molar-refractivity contribution is 5.99. The number of aliphatic hydroxyl groups excluding tert-OH is 1. The number of carbonyl (C=O) groups is 1. The Hall–Kier alpha value is -0.890. The minimum Gasteiger partial charge on any atom is -0.392 e. The molecule has 0 fully saturated rings. The van der Waals surface area contributed by atoms with Gasteiger partial charge in [0.1, 0.15) is 0 Å². The molecular weight excluding hydrogens is 116 g/mol. The number of rotatable bonds is 3. The molecule has 0 aliphatic carbocycles. The summed E-state index contributed by atoms with van der Waals surface area (Å²) in [4.78, 5) is 10.5. The molecule has 2 nitrogen and oxygen atoms in total. The molecule has 1 N–H and O–H groups in total. The average molecular weight is 126 g/mol. The van der Waals surface area contributed by atoms with Gasteiger partial charge in [-0.15, -0.1) is 0 Å². The van der Waals surface area contributed by atoms with E-state index < -0.39 is 0 Å². The van der Waals surface area contributed by atoms with Crippen LogP contribution in [-0.4, -0.2) is 17.5 Å². The summed E-state index contributed by atoms with van der Waals surface area (Å²) in [5, 5.41) is 8.22. The van der Waals surface area contributed by atoms with E-state index in [0.29, 0.717) is 0 Å². The molecule has 0 bridgehead atoms. The third-order valence-electron chi connectivity index (χ3n) is 0.718. The van der Waals surface area contributed by atoms with Crippen molar-refractivity contribution in [3.05, 3.63) is 24.3 Å². The van der Waals surface area contributed by atoms with Crippen LogP contribution in [0.1, 0.15) is 6.92 Å². The van der Waals surface area contributed by atoms with Crippen LogP contribution in [0.15, 0.2) is 24.3 Å². The van der Waals surface area contributed by atoms with E-state index in [1.807, 2.05) is 0 Å². The summed E-state index contributed by atoms with van der Waals surface area (Å²) >= 11 is 0. The van der Waals surface area contributed by atoms with E-state index in [1.54, 1.807) is 13.0 Å². The second-order valence-electron chi connectivity index (χ2n) is 1.49. The van der Waals surface area contributed by atoms with E-state index >= 15 is 0 Å². The highest BCUT2D eigenvalue weighted by atomic mass is 16.2. The zero-order valence-corrected chi connectivity index (χ0v) is 5.37. The van der Waals surface area contributed by atoms with Gasteiger partial charge >= 0.3 is 0 Å². The Balaban J connectivity index is 3.63. The molecule has 2 heteroatoms. The van der Waals surface area contributed by atoms with E-state index in [9.17, 15) is 4.79 Å². The van der Waals surface area contributed by atoms with Crippen LogP contribution in [-0.2, 0) is 4.79 Å². The number of ketones is 1. The van der Waals surface area contributed by atoms with Crippen LogP contribution in [0.5, 0.6) is 0 Å². The highest BCUT2D eigenvalue weighted by Crippen LogP contribution is 1.78. The Morgan fingerprint density at radius 2 is 2.22 bits per heavy atom. The van der Waals surface area contributed by atoms with Gasteiger partial charge in [-0.1, -0.05) is 12.2 Å². The molecule has 0 rings (SSSR count). The van der Waals surface area contributed by atoms with Crippen molar-refractivity contribution in [2.45, 2.75) is 6.92 Å². The van der Waals surface area contributed by atoms with Gasteiger partial charge in [0, 0.05) is 0 Å². The maximum absolute atomic E-state index is 10.5. The molecule has 0 unspecified atom stereocenters. The van der Waals surface area contributed by atoms with E-state index in [-0.39, 0.29) is 12.4 Å². The van der Waals surface area contributed by atoms with Gasteiger partial charge in [0.05, 0.1) is 6.61 Å². The first-order valence-corrected chi connectivity index (χ1v) is 2.75. The van der Waals surface area contributed by atoms with Crippen LogP contribution in [0.25, 0.3) is 0 Å². The minimum absolute atomic E-state index is 0.0801. The van der Waals surface area contributed by atoms with Gasteiger partial charge < -0.3 is 5.11 Å². The lowest BCUT2D eigenvalue weighted by Crippen LogP contribution is -1.84. The first-order valence-electron chi connectivity index (χ1n) is 2.75. The van der Waals surface area contributed by atoms with Gasteiger partial charge in [0.15, 0.2) is 5.78 Å². The topological polar surface area (TPSA) is 37.3 Å². The van der Waals surface area contributed by atoms with Crippen molar-refractivity contribution >= 4 is 5.78 Å².